The van der Waals surface area contributed by atoms with Crippen LogP contribution in [0.4, 0.5) is 0 Å². The fraction of sp³-hybridized carbons (Fsp3) is 0.250. The first-order chi connectivity index (χ1) is 9.56. The van der Waals surface area contributed by atoms with Gasteiger partial charge < -0.3 is 0 Å². The Morgan fingerprint density at radius 3 is 1.85 bits per heavy atom. The van der Waals surface area contributed by atoms with Crippen LogP contribution in [0.3, 0.4) is 0 Å². The van der Waals surface area contributed by atoms with E-state index in [0.717, 1.165) is 5.56 Å². The summed E-state index contributed by atoms with van der Waals surface area (Å²) in [5.74, 6) is 0. The molecule has 0 bridgehead atoms. The molecule has 1 rings (SSSR count). The quantitative estimate of drug-likeness (QED) is 0.653. The number of benzene rings is 1. The third-order valence-corrected chi connectivity index (χ3v) is 4.83. The lowest BCUT2D eigenvalue weighted by atomic mass is 10.2. The number of hydrogen-bond acceptors (Lipinski definition) is 2. The molecule has 0 aliphatic heterocycles. The van der Waals surface area contributed by atoms with Gasteiger partial charge in [0.05, 0.1) is 4.90 Å². The van der Waals surface area contributed by atoms with E-state index in [1.165, 1.54) is 4.31 Å². The average Bonchev–Trinajstić information content (AvgIpc) is 2.47. The van der Waals surface area contributed by atoms with E-state index < -0.39 is 10.0 Å². The molecular weight excluding hydrogens is 270 g/mol. The number of rotatable bonds is 9. The summed E-state index contributed by atoms with van der Waals surface area (Å²) in [6.45, 7) is 11.8. The van der Waals surface area contributed by atoms with Gasteiger partial charge in [-0.05, 0) is 30.5 Å². The van der Waals surface area contributed by atoms with Crippen LogP contribution in [0, 0.1) is 0 Å². The van der Waals surface area contributed by atoms with Gasteiger partial charge in [0.25, 0.3) is 0 Å². The van der Waals surface area contributed by atoms with Gasteiger partial charge in [-0.3, -0.25) is 0 Å². The Morgan fingerprint density at radius 1 is 0.950 bits per heavy atom. The molecule has 0 spiro atoms. The van der Waals surface area contributed by atoms with Crippen molar-refractivity contribution < 1.29 is 8.42 Å². The van der Waals surface area contributed by atoms with Crippen LogP contribution in [0.25, 0.3) is 6.08 Å². The number of nitrogens with zero attached hydrogens (tertiary/aromatic N) is 1. The van der Waals surface area contributed by atoms with Crippen LogP contribution in [0.5, 0.6) is 0 Å². The molecule has 0 radical (unpaired) electrons. The second kappa shape index (κ2) is 7.82. The molecule has 0 atom stereocenters. The lowest BCUT2D eigenvalue weighted by Crippen LogP contribution is -2.32. The molecule has 0 aromatic heterocycles. The molecule has 0 saturated carbocycles. The largest absolute Gasteiger partial charge is 0.243 e. The highest BCUT2D eigenvalue weighted by Gasteiger charge is 2.22. The van der Waals surface area contributed by atoms with Crippen molar-refractivity contribution in [3.05, 3.63) is 61.7 Å². The van der Waals surface area contributed by atoms with E-state index in [1.807, 2.05) is 0 Å². The van der Waals surface area contributed by atoms with Crippen molar-refractivity contribution in [3.63, 3.8) is 0 Å². The van der Waals surface area contributed by atoms with Crippen molar-refractivity contribution in [3.8, 4) is 0 Å². The maximum atomic E-state index is 12.6. The molecule has 20 heavy (non-hydrogen) atoms. The van der Waals surface area contributed by atoms with Gasteiger partial charge in [-0.2, -0.15) is 4.31 Å². The predicted octanol–water partition coefficient (Wildman–Crippen LogP) is 3.47. The van der Waals surface area contributed by atoms with Crippen LogP contribution in [-0.4, -0.2) is 25.8 Å². The van der Waals surface area contributed by atoms with E-state index in [1.54, 1.807) is 42.5 Å². The first kappa shape index (κ1) is 16.4. The minimum absolute atomic E-state index is 0.302. The van der Waals surface area contributed by atoms with E-state index in [9.17, 15) is 8.42 Å². The summed E-state index contributed by atoms with van der Waals surface area (Å²) in [6, 6.07) is 6.72. The van der Waals surface area contributed by atoms with Crippen LogP contribution in [0.15, 0.2) is 61.0 Å². The molecule has 0 fully saturated rings. The van der Waals surface area contributed by atoms with Crippen molar-refractivity contribution in [2.45, 2.75) is 17.7 Å². The Bertz CT molecular complexity index is 547. The maximum Gasteiger partial charge on any atom is 0.243 e. The topological polar surface area (TPSA) is 37.4 Å². The van der Waals surface area contributed by atoms with Gasteiger partial charge in [-0.15, -0.1) is 13.2 Å². The summed E-state index contributed by atoms with van der Waals surface area (Å²) in [7, 11) is -3.47. The summed E-state index contributed by atoms with van der Waals surface area (Å²) in [5, 5.41) is 0. The first-order valence-electron chi connectivity index (χ1n) is 6.50. The standard InChI is InChI=1S/C16H21NO2S/c1-4-7-13-17(14-8-5-2)20(18,19)16-11-9-15(6-3)10-12-16/h4-6,9-12H,1-3,7-8,13-14H2. The smallest absolute Gasteiger partial charge is 0.207 e. The van der Waals surface area contributed by atoms with Gasteiger partial charge >= 0.3 is 0 Å². The van der Waals surface area contributed by atoms with Crippen molar-refractivity contribution in [1.82, 2.24) is 4.31 Å². The zero-order valence-corrected chi connectivity index (χ0v) is 12.5. The monoisotopic (exact) mass is 291 g/mol. The molecule has 0 amide bonds. The normalized spacial score (nSPS) is 11.2. The van der Waals surface area contributed by atoms with E-state index >= 15 is 0 Å². The second-order valence-corrected chi connectivity index (χ2v) is 6.27. The zero-order chi connectivity index (χ0) is 15.0. The van der Waals surface area contributed by atoms with Crippen molar-refractivity contribution in [2.24, 2.45) is 0 Å². The molecule has 108 valence electrons. The average molecular weight is 291 g/mol. The third-order valence-electron chi connectivity index (χ3n) is 2.92. The molecule has 0 aliphatic rings. The van der Waals surface area contributed by atoms with E-state index in [-0.39, 0.29) is 0 Å². The van der Waals surface area contributed by atoms with Gasteiger partial charge in [0.15, 0.2) is 0 Å². The van der Waals surface area contributed by atoms with Gasteiger partial charge in [-0.1, -0.05) is 36.9 Å². The Morgan fingerprint density at radius 2 is 1.45 bits per heavy atom. The van der Waals surface area contributed by atoms with Crippen LogP contribution in [0.1, 0.15) is 18.4 Å². The summed E-state index contributed by atoms with van der Waals surface area (Å²) in [5.41, 5.74) is 0.896. The summed E-state index contributed by atoms with van der Waals surface area (Å²) < 4.78 is 26.6. The number of sulfonamides is 1. The van der Waals surface area contributed by atoms with Gasteiger partial charge in [0, 0.05) is 13.1 Å². The van der Waals surface area contributed by atoms with Crippen LogP contribution < -0.4 is 0 Å². The Labute approximate surface area is 122 Å². The summed E-state index contributed by atoms with van der Waals surface area (Å²) in [4.78, 5) is 0.302. The Kier molecular flexibility index (Phi) is 6.42. The number of hydrogen-bond donors (Lipinski definition) is 0. The minimum atomic E-state index is -3.47. The lowest BCUT2D eigenvalue weighted by Gasteiger charge is -2.21. The van der Waals surface area contributed by atoms with Crippen molar-refractivity contribution in [1.29, 1.82) is 0 Å². The van der Waals surface area contributed by atoms with E-state index in [4.69, 9.17) is 0 Å². The van der Waals surface area contributed by atoms with Crippen molar-refractivity contribution in [2.75, 3.05) is 13.1 Å². The zero-order valence-electron chi connectivity index (χ0n) is 11.7. The predicted molar refractivity (Wildman–Crippen MR) is 84.9 cm³/mol. The van der Waals surface area contributed by atoms with Crippen LogP contribution in [-0.2, 0) is 10.0 Å². The molecule has 0 saturated heterocycles. The van der Waals surface area contributed by atoms with Gasteiger partial charge in [-0.25, -0.2) is 8.42 Å². The van der Waals surface area contributed by atoms with Gasteiger partial charge in [0.2, 0.25) is 10.0 Å². The SMILES string of the molecule is C=CCCN(CCC=C)S(=O)(=O)c1ccc(C=C)cc1. The summed E-state index contributed by atoms with van der Waals surface area (Å²) in [6.07, 6.45) is 6.38. The van der Waals surface area contributed by atoms with Crippen LogP contribution >= 0.6 is 0 Å². The molecular formula is C16H21NO2S. The fourth-order valence-electron chi connectivity index (χ4n) is 1.75. The van der Waals surface area contributed by atoms with E-state index in [0.29, 0.717) is 30.8 Å². The van der Waals surface area contributed by atoms with Gasteiger partial charge in [0.1, 0.15) is 0 Å². The lowest BCUT2D eigenvalue weighted by molar-refractivity contribution is 0.422. The third kappa shape index (κ3) is 4.18. The second-order valence-electron chi connectivity index (χ2n) is 4.33. The summed E-state index contributed by atoms with van der Waals surface area (Å²) >= 11 is 0. The van der Waals surface area contributed by atoms with Crippen LogP contribution in [0.2, 0.25) is 0 Å². The maximum absolute atomic E-state index is 12.6. The highest BCUT2D eigenvalue weighted by molar-refractivity contribution is 7.89. The highest BCUT2D eigenvalue weighted by atomic mass is 32.2. The van der Waals surface area contributed by atoms with E-state index in [2.05, 4.69) is 19.7 Å². The Hall–Kier alpha value is -1.65. The molecule has 1 aromatic carbocycles. The molecule has 4 heteroatoms. The molecule has 0 N–H and O–H groups in total. The highest BCUT2D eigenvalue weighted by Crippen LogP contribution is 2.17. The fourth-order valence-corrected chi connectivity index (χ4v) is 3.22. The molecule has 0 heterocycles. The Balaban J connectivity index is 3.02. The van der Waals surface area contributed by atoms with Crippen molar-refractivity contribution >= 4 is 16.1 Å². The molecule has 0 aliphatic carbocycles. The molecule has 1 aromatic rings. The minimum Gasteiger partial charge on any atom is -0.207 e. The molecule has 0 unspecified atom stereocenters. The molecule has 3 nitrogen and oxygen atoms in total. The first-order valence-corrected chi connectivity index (χ1v) is 7.94.